The minimum atomic E-state index is -0.266. The molecule has 8 heteroatoms. The molecule has 0 radical (unpaired) electrons. The molecule has 2 aromatic rings. The van der Waals surface area contributed by atoms with E-state index in [4.69, 9.17) is 9.15 Å². The van der Waals surface area contributed by atoms with Crippen LogP contribution < -0.4 is 0 Å². The Balaban J connectivity index is 2.08. The number of ether oxygens (including phenoxy) is 1. The van der Waals surface area contributed by atoms with Crippen molar-refractivity contribution in [2.24, 2.45) is 7.05 Å². The molecule has 0 unspecified atom stereocenters. The highest BCUT2D eigenvalue weighted by molar-refractivity contribution is 9.10. The molecular formula is C11H12BrN3O3S. The number of hydrogen-bond acceptors (Lipinski definition) is 6. The van der Waals surface area contributed by atoms with Gasteiger partial charge >= 0.3 is 5.97 Å². The van der Waals surface area contributed by atoms with Gasteiger partial charge in [-0.3, -0.25) is 4.79 Å². The topological polar surface area (TPSA) is 70.2 Å². The molecule has 0 aliphatic rings. The predicted molar refractivity (Wildman–Crippen MR) is 73.8 cm³/mol. The van der Waals surface area contributed by atoms with Crippen LogP contribution in [-0.2, 0) is 16.6 Å². The molecule has 2 rings (SSSR count). The molecule has 102 valence electrons. The van der Waals surface area contributed by atoms with Crippen LogP contribution in [0.25, 0.3) is 11.6 Å². The molecule has 0 atom stereocenters. The van der Waals surface area contributed by atoms with E-state index in [1.54, 1.807) is 23.6 Å². The first-order valence-corrected chi connectivity index (χ1v) is 7.33. The Labute approximate surface area is 122 Å². The van der Waals surface area contributed by atoms with E-state index in [9.17, 15) is 4.79 Å². The van der Waals surface area contributed by atoms with Gasteiger partial charge in [-0.05, 0) is 35.0 Å². The predicted octanol–water partition coefficient (Wildman–Crippen LogP) is 2.49. The van der Waals surface area contributed by atoms with Gasteiger partial charge in [-0.1, -0.05) is 11.8 Å². The summed E-state index contributed by atoms with van der Waals surface area (Å²) in [6.07, 6.45) is 0. The van der Waals surface area contributed by atoms with Crippen molar-refractivity contribution in [1.29, 1.82) is 0 Å². The Kier molecular flexibility index (Phi) is 4.65. The lowest BCUT2D eigenvalue weighted by atomic mass is 10.4. The van der Waals surface area contributed by atoms with Crippen LogP contribution in [0.15, 0.2) is 26.4 Å². The minimum Gasteiger partial charge on any atom is -0.465 e. The molecule has 0 aliphatic carbocycles. The second kappa shape index (κ2) is 6.25. The molecule has 0 amide bonds. The molecule has 0 fully saturated rings. The van der Waals surface area contributed by atoms with Crippen molar-refractivity contribution in [3.8, 4) is 11.6 Å². The van der Waals surface area contributed by atoms with E-state index in [0.717, 1.165) is 0 Å². The molecule has 0 aromatic carbocycles. The number of thioether (sulfide) groups is 1. The van der Waals surface area contributed by atoms with Crippen molar-refractivity contribution < 1.29 is 13.9 Å². The summed E-state index contributed by atoms with van der Waals surface area (Å²) in [5.74, 6) is 1.17. The SMILES string of the molecule is CCOC(=O)CSc1nnc(-c2ccc(Br)o2)n1C. The van der Waals surface area contributed by atoms with Gasteiger partial charge in [-0.15, -0.1) is 10.2 Å². The van der Waals surface area contributed by atoms with Gasteiger partial charge in [-0.2, -0.15) is 0 Å². The number of furan rings is 1. The highest BCUT2D eigenvalue weighted by atomic mass is 79.9. The summed E-state index contributed by atoms with van der Waals surface area (Å²) >= 11 is 4.52. The van der Waals surface area contributed by atoms with Crippen LogP contribution in [0, 0.1) is 0 Å². The molecule has 0 aliphatic heterocycles. The Hall–Kier alpha value is -1.28. The summed E-state index contributed by atoms with van der Waals surface area (Å²) in [5, 5.41) is 8.71. The van der Waals surface area contributed by atoms with Crippen molar-refractivity contribution in [3.05, 3.63) is 16.8 Å². The fraction of sp³-hybridized carbons (Fsp3) is 0.364. The largest absolute Gasteiger partial charge is 0.465 e. The van der Waals surface area contributed by atoms with E-state index in [-0.39, 0.29) is 11.7 Å². The molecule has 2 heterocycles. The van der Waals surface area contributed by atoms with Gasteiger partial charge in [0.05, 0.1) is 12.4 Å². The fourth-order valence-electron chi connectivity index (χ4n) is 1.42. The molecule has 0 N–H and O–H groups in total. The van der Waals surface area contributed by atoms with Crippen molar-refractivity contribution >= 4 is 33.7 Å². The minimum absolute atomic E-state index is 0.210. The zero-order valence-electron chi connectivity index (χ0n) is 10.4. The standard InChI is InChI=1S/C11H12BrN3O3S/c1-3-17-9(16)6-19-11-14-13-10(15(11)2)7-4-5-8(12)18-7/h4-5H,3,6H2,1-2H3. The van der Waals surface area contributed by atoms with Crippen LogP contribution in [0.5, 0.6) is 0 Å². The number of rotatable bonds is 5. The Morgan fingerprint density at radius 2 is 2.32 bits per heavy atom. The van der Waals surface area contributed by atoms with E-state index in [1.807, 2.05) is 7.05 Å². The summed E-state index contributed by atoms with van der Waals surface area (Å²) in [6, 6.07) is 3.59. The lowest BCUT2D eigenvalue weighted by Gasteiger charge is -2.02. The molecule has 0 bridgehead atoms. The van der Waals surface area contributed by atoms with E-state index in [0.29, 0.717) is 28.0 Å². The number of esters is 1. The van der Waals surface area contributed by atoms with Gasteiger partial charge in [0.2, 0.25) is 0 Å². The third-order valence-electron chi connectivity index (χ3n) is 2.25. The number of nitrogens with zero attached hydrogens (tertiary/aromatic N) is 3. The third kappa shape index (κ3) is 3.38. The quantitative estimate of drug-likeness (QED) is 0.612. The maximum atomic E-state index is 11.3. The monoisotopic (exact) mass is 345 g/mol. The van der Waals surface area contributed by atoms with E-state index in [2.05, 4.69) is 26.1 Å². The molecule has 19 heavy (non-hydrogen) atoms. The van der Waals surface area contributed by atoms with E-state index in [1.165, 1.54) is 11.8 Å². The number of halogens is 1. The first-order valence-electron chi connectivity index (χ1n) is 5.55. The number of carbonyl (C=O) groups is 1. The molecule has 0 spiro atoms. The van der Waals surface area contributed by atoms with Gasteiger partial charge in [-0.25, -0.2) is 0 Å². The zero-order chi connectivity index (χ0) is 13.8. The van der Waals surface area contributed by atoms with Gasteiger partial charge < -0.3 is 13.7 Å². The van der Waals surface area contributed by atoms with Gasteiger partial charge in [0.1, 0.15) is 0 Å². The maximum absolute atomic E-state index is 11.3. The summed E-state index contributed by atoms with van der Waals surface area (Å²) in [7, 11) is 1.82. The first kappa shape index (κ1) is 14.1. The second-order valence-electron chi connectivity index (χ2n) is 3.56. The van der Waals surface area contributed by atoms with E-state index >= 15 is 0 Å². The van der Waals surface area contributed by atoms with Crippen LogP contribution in [0.2, 0.25) is 0 Å². The molecule has 0 saturated heterocycles. The Bertz CT molecular complexity index is 582. The third-order valence-corrected chi connectivity index (χ3v) is 3.67. The summed E-state index contributed by atoms with van der Waals surface area (Å²) < 4.78 is 12.7. The van der Waals surface area contributed by atoms with Crippen LogP contribution in [0.1, 0.15) is 6.92 Å². The van der Waals surface area contributed by atoms with Crippen molar-refractivity contribution in [2.75, 3.05) is 12.4 Å². The first-order chi connectivity index (χ1) is 9.11. The molecule has 0 saturated carbocycles. The van der Waals surface area contributed by atoms with Gasteiger partial charge in [0, 0.05) is 7.05 Å². The van der Waals surface area contributed by atoms with Gasteiger partial charge in [0.25, 0.3) is 0 Å². The fourth-order valence-corrected chi connectivity index (χ4v) is 2.43. The number of aromatic nitrogens is 3. The summed E-state index contributed by atoms with van der Waals surface area (Å²) in [4.78, 5) is 11.3. The van der Waals surface area contributed by atoms with E-state index < -0.39 is 0 Å². The normalized spacial score (nSPS) is 10.7. The Morgan fingerprint density at radius 3 is 2.95 bits per heavy atom. The smallest absolute Gasteiger partial charge is 0.316 e. The average Bonchev–Trinajstić information content (AvgIpc) is 2.94. The Morgan fingerprint density at radius 1 is 1.53 bits per heavy atom. The lowest BCUT2D eigenvalue weighted by molar-refractivity contribution is -0.139. The van der Waals surface area contributed by atoms with Crippen LogP contribution >= 0.6 is 27.7 Å². The average molecular weight is 346 g/mol. The number of hydrogen-bond donors (Lipinski definition) is 0. The van der Waals surface area contributed by atoms with Crippen molar-refractivity contribution in [2.45, 2.75) is 12.1 Å². The maximum Gasteiger partial charge on any atom is 0.316 e. The summed E-state index contributed by atoms with van der Waals surface area (Å²) in [5.41, 5.74) is 0. The van der Waals surface area contributed by atoms with Gasteiger partial charge in [0.15, 0.2) is 21.4 Å². The lowest BCUT2D eigenvalue weighted by Crippen LogP contribution is -2.07. The highest BCUT2D eigenvalue weighted by Gasteiger charge is 2.15. The molecule has 6 nitrogen and oxygen atoms in total. The zero-order valence-corrected chi connectivity index (χ0v) is 12.8. The molecule has 2 aromatic heterocycles. The number of carbonyl (C=O) groups excluding carboxylic acids is 1. The second-order valence-corrected chi connectivity index (χ2v) is 5.29. The molecular weight excluding hydrogens is 334 g/mol. The van der Waals surface area contributed by atoms with Crippen LogP contribution in [0.4, 0.5) is 0 Å². The van der Waals surface area contributed by atoms with Crippen LogP contribution in [0.3, 0.4) is 0 Å². The summed E-state index contributed by atoms with van der Waals surface area (Å²) in [6.45, 7) is 2.15. The van der Waals surface area contributed by atoms with Crippen LogP contribution in [-0.4, -0.2) is 33.1 Å². The highest BCUT2D eigenvalue weighted by Crippen LogP contribution is 2.26. The van der Waals surface area contributed by atoms with Crippen molar-refractivity contribution in [3.63, 3.8) is 0 Å². The van der Waals surface area contributed by atoms with Crippen molar-refractivity contribution in [1.82, 2.24) is 14.8 Å².